The first kappa shape index (κ1) is 11.8. The molecule has 90 valence electrons. The molecule has 1 aromatic carbocycles. The van der Waals surface area contributed by atoms with Gasteiger partial charge in [0, 0.05) is 18.9 Å². The topological polar surface area (TPSA) is 52.0 Å². The van der Waals surface area contributed by atoms with E-state index in [0.29, 0.717) is 18.9 Å². The monoisotopic (exact) mass is 234 g/mol. The second-order valence-corrected chi connectivity index (χ2v) is 4.11. The molecule has 1 unspecified atom stereocenters. The third-order valence-corrected chi connectivity index (χ3v) is 2.67. The van der Waals surface area contributed by atoms with Gasteiger partial charge in [-0.3, -0.25) is 0 Å². The number of nitrogens with two attached hydrogens (primary N) is 1. The fourth-order valence-corrected chi connectivity index (χ4v) is 1.57. The molecular formula is C13H15FN2O. The number of aromatic nitrogens is 1. The van der Waals surface area contributed by atoms with Crippen LogP contribution in [-0.2, 0) is 6.42 Å². The molecule has 0 amide bonds. The second kappa shape index (κ2) is 5.10. The van der Waals surface area contributed by atoms with E-state index in [1.807, 2.05) is 13.0 Å². The summed E-state index contributed by atoms with van der Waals surface area (Å²) in [5, 5.41) is 0. The normalized spacial score (nSPS) is 12.6. The van der Waals surface area contributed by atoms with Gasteiger partial charge in [-0.25, -0.2) is 9.37 Å². The Morgan fingerprint density at radius 1 is 1.47 bits per heavy atom. The Kier molecular flexibility index (Phi) is 3.54. The van der Waals surface area contributed by atoms with Crippen LogP contribution < -0.4 is 5.73 Å². The fourth-order valence-electron chi connectivity index (χ4n) is 1.57. The van der Waals surface area contributed by atoms with Crippen molar-refractivity contribution >= 4 is 0 Å². The number of halogens is 1. The van der Waals surface area contributed by atoms with E-state index >= 15 is 0 Å². The molecule has 0 radical (unpaired) electrons. The highest BCUT2D eigenvalue weighted by molar-refractivity contribution is 5.20. The molecule has 2 N–H and O–H groups in total. The van der Waals surface area contributed by atoms with Crippen LogP contribution in [0.2, 0.25) is 0 Å². The predicted molar refractivity (Wildman–Crippen MR) is 63.2 cm³/mol. The molecule has 0 aliphatic heterocycles. The van der Waals surface area contributed by atoms with Crippen molar-refractivity contribution in [1.82, 2.24) is 4.98 Å². The van der Waals surface area contributed by atoms with Gasteiger partial charge in [0.2, 0.25) is 0 Å². The smallest absolute Gasteiger partial charge is 0.198 e. The molecule has 0 saturated carbocycles. The first-order valence-electron chi connectivity index (χ1n) is 5.58. The fraction of sp³-hybridized carbons (Fsp3) is 0.308. The molecule has 0 bridgehead atoms. The van der Waals surface area contributed by atoms with Crippen LogP contribution in [0, 0.1) is 5.82 Å². The summed E-state index contributed by atoms with van der Waals surface area (Å²) in [5.41, 5.74) is 7.25. The van der Waals surface area contributed by atoms with Crippen molar-refractivity contribution in [3.8, 4) is 0 Å². The third-order valence-electron chi connectivity index (χ3n) is 2.67. The number of hydrogen-bond donors (Lipinski definition) is 1. The van der Waals surface area contributed by atoms with Gasteiger partial charge in [-0.2, -0.15) is 0 Å². The van der Waals surface area contributed by atoms with Crippen molar-refractivity contribution < 1.29 is 8.81 Å². The molecule has 2 rings (SSSR count). The lowest BCUT2D eigenvalue weighted by Gasteiger charge is -2.01. The second-order valence-electron chi connectivity index (χ2n) is 4.11. The highest BCUT2D eigenvalue weighted by Gasteiger charge is 2.10. The van der Waals surface area contributed by atoms with Gasteiger partial charge < -0.3 is 10.2 Å². The van der Waals surface area contributed by atoms with E-state index in [1.165, 1.54) is 12.1 Å². The lowest BCUT2D eigenvalue weighted by atomic mass is 10.1. The van der Waals surface area contributed by atoms with E-state index in [1.54, 1.807) is 12.3 Å². The van der Waals surface area contributed by atoms with Gasteiger partial charge in [-0.1, -0.05) is 19.1 Å². The highest BCUT2D eigenvalue weighted by atomic mass is 19.1. The molecule has 0 aliphatic carbocycles. The number of hydrogen-bond acceptors (Lipinski definition) is 3. The van der Waals surface area contributed by atoms with Crippen molar-refractivity contribution in [2.24, 2.45) is 5.73 Å². The lowest BCUT2D eigenvalue weighted by Crippen LogP contribution is -2.09. The van der Waals surface area contributed by atoms with Gasteiger partial charge in [-0.05, 0) is 17.7 Å². The van der Waals surface area contributed by atoms with Gasteiger partial charge in [0.15, 0.2) is 5.89 Å². The van der Waals surface area contributed by atoms with Gasteiger partial charge in [-0.15, -0.1) is 0 Å². The van der Waals surface area contributed by atoms with Crippen molar-refractivity contribution in [2.75, 3.05) is 6.54 Å². The summed E-state index contributed by atoms with van der Waals surface area (Å²) >= 11 is 0. The van der Waals surface area contributed by atoms with Crippen LogP contribution in [0.15, 0.2) is 34.9 Å². The molecule has 0 fully saturated rings. The molecule has 0 saturated heterocycles. The zero-order chi connectivity index (χ0) is 12.3. The standard InChI is InChI=1S/C13H15FN2O/c1-9(7-15)12-8-17-13(16-12)6-10-3-2-4-11(14)5-10/h2-5,8-9H,6-7,15H2,1H3. The van der Waals surface area contributed by atoms with Crippen molar-refractivity contribution in [1.29, 1.82) is 0 Å². The van der Waals surface area contributed by atoms with Gasteiger partial charge in [0.05, 0.1) is 5.69 Å². The Balaban J connectivity index is 2.11. The maximum Gasteiger partial charge on any atom is 0.198 e. The molecule has 4 heteroatoms. The molecule has 2 aromatic rings. The first-order valence-corrected chi connectivity index (χ1v) is 5.58. The summed E-state index contributed by atoms with van der Waals surface area (Å²) in [6.45, 7) is 2.52. The highest BCUT2D eigenvalue weighted by Crippen LogP contribution is 2.15. The van der Waals surface area contributed by atoms with Crippen LogP contribution in [0.3, 0.4) is 0 Å². The average Bonchev–Trinajstić information content (AvgIpc) is 2.76. The van der Waals surface area contributed by atoms with Crippen LogP contribution >= 0.6 is 0 Å². The van der Waals surface area contributed by atoms with Gasteiger partial charge in [0.25, 0.3) is 0 Å². The van der Waals surface area contributed by atoms with Crippen molar-refractivity contribution in [3.63, 3.8) is 0 Å². The van der Waals surface area contributed by atoms with Crippen molar-refractivity contribution in [3.05, 3.63) is 53.5 Å². The van der Waals surface area contributed by atoms with Crippen LogP contribution in [0.4, 0.5) is 4.39 Å². The Morgan fingerprint density at radius 2 is 2.29 bits per heavy atom. The van der Waals surface area contributed by atoms with E-state index in [9.17, 15) is 4.39 Å². The Hall–Kier alpha value is -1.68. The zero-order valence-electron chi connectivity index (χ0n) is 9.69. The Labute approximate surface area is 99.5 Å². The van der Waals surface area contributed by atoms with Crippen molar-refractivity contribution in [2.45, 2.75) is 19.3 Å². The largest absolute Gasteiger partial charge is 0.448 e. The maximum absolute atomic E-state index is 13.0. The number of benzene rings is 1. The summed E-state index contributed by atoms with van der Waals surface area (Å²) in [5.74, 6) is 0.524. The first-order chi connectivity index (χ1) is 8.19. The predicted octanol–water partition coefficient (Wildman–Crippen LogP) is 2.47. The summed E-state index contributed by atoms with van der Waals surface area (Å²) in [4.78, 5) is 4.34. The maximum atomic E-state index is 13.0. The molecule has 17 heavy (non-hydrogen) atoms. The van der Waals surface area contributed by atoms with E-state index in [4.69, 9.17) is 10.2 Å². The number of rotatable bonds is 4. The minimum absolute atomic E-state index is 0.181. The molecule has 1 atom stereocenters. The minimum Gasteiger partial charge on any atom is -0.448 e. The van der Waals surface area contributed by atoms with Crippen LogP contribution in [0.1, 0.15) is 30.0 Å². The molecule has 3 nitrogen and oxygen atoms in total. The third kappa shape index (κ3) is 2.91. The van der Waals surface area contributed by atoms with E-state index in [0.717, 1.165) is 11.3 Å². The molecule has 1 heterocycles. The minimum atomic E-state index is -0.246. The summed E-state index contributed by atoms with van der Waals surface area (Å²) in [7, 11) is 0. The average molecular weight is 234 g/mol. The van der Waals surface area contributed by atoms with Gasteiger partial charge >= 0.3 is 0 Å². The Bertz CT molecular complexity index is 496. The van der Waals surface area contributed by atoms with Crippen LogP contribution in [-0.4, -0.2) is 11.5 Å². The van der Waals surface area contributed by atoms with E-state index in [2.05, 4.69) is 4.98 Å². The molecular weight excluding hydrogens is 219 g/mol. The summed E-state index contributed by atoms with van der Waals surface area (Å²) in [6, 6.07) is 6.42. The molecule has 0 aliphatic rings. The van der Waals surface area contributed by atoms with Crippen LogP contribution in [0.5, 0.6) is 0 Å². The molecule has 0 spiro atoms. The SMILES string of the molecule is CC(CN)c1coc(Cc2cccc(F)c2)n1. The number of oxazole rings is 1. The Morgan fingerprint density at radius 3 is 3.00 bits per heavy atom. The zero-order valence-corrected chi connectivity index (χ0v) is 9.69. The lowest BCUT2D eigenvalue weighted by molar-refractivity contribution is 0.505. The van der Waals surface area contributed by atoms with E-state index in [-0.39, 0.29) is 11.7 Å². The molecule has 1 aromatic heterocycles. The van der Waals surface area contributed by atoms with Crippen LogP contribution in [0.25, 0.3) is 0 Å². The summed E-state index contributed by atoms with van der Waals surface area (Å²) < 4.78 is 18.3. The van der Waals surface area contributed by atoms with Gasteiger partial charge in [0.1, 0.15) is 12.1 Å². The van der Waals surface area contributed by atoms with E-state index < -0.39 is 0 Å². The summed E-state index contributed by atoms with van der Waals surface area (Å²) in [6.07, 6.45) is 2.11. The quantitative estimate of drug-likeness (QED) is 0.884. The number of nitrogens with zero attached hydrogens (tertiary/aromatic N) is 1.